The second kappa shape index (κ2) is 11.4. The van der Waals surface area contributed by atoms with Crippen LogP contribution in [0.15, 0.2) is 54.9 Å². The van der Waals surface area contributed by atoms with Gasteiger partial charge in [-0.3, -0.25) is 9.69 Å². The monoisotopic (exact) mass is 590 g/mol. The first-order chi connectivity index (χ1) is 20.6. The molecule has 224 valence electrons. The third kappa shape index (κ3) is 6.27. The zero-order chi connectivity index (χ0) is 30.3. The largest absolute Gasteiger partial charge is 0.505 e. The molecule has 2 fully saturated rings. The minimum Gasteiger partial charge on any atom is -0.505 e. The van der Waals surface area contributed by atoms with Crippen LogP contribution in [0.5, 0.6) is 5.75 Å². The number of benzene rings is 2. The minimum atomic E-state index is -4.80. The molecule has 0 unspecified atom stereocenters. The van der Waals surface area contributed by atoms with Gasteiger partial charge >= 0.3 is 6.18 Å². The minimum absolute atomic E-state index is 0.0513. The molecule has 43 heavy (non-hydrogen) atoms. The molecule has 6 rings (SSSR count). The van der Waals surface area contributed by atoms with Crippen LogP contribution in [0.4, 0.5) is 18.9 Å². The molecule has 0 bridgehead atoms. The predicted octanol–water partition coefficient (Wildman–Crippen LogP) is 6.63. The zero-order valence-electron chi connectivity index (χ0n) is 24.0. The summed E-state index contributed by atoms with van der Waals surface area (Å²) in [6, 6.07) is 13.6. The average Bonchev–Trinajstić information content (AvgIpc) is 3.74. The quantitative estimate of drug-likeness (QED) is 0.235. The molecule has 0 radical (unpaired) electrons. The van der Waals surface area contributed by atoms with Crippen LogP contribution in [-0.4, -0.2) is 48.8 Å². The van der Waals surface area contributed by atoms with Crippen molar-refractivity contribution >= 4 is 11.6 Å². The lowest BCUT2D eigenvalue weighted by atomic mass is 9.97. The number of pyridine rings is 1. The van der Waals surface area contributed by atoms with E-state index in [1.807, 2.05) is 37.4 Å². The molecular formula is C32H33F3N6O2. The Bertz CT molecular complexity index is 1660. The third-order valence-corrected chi connectivity index (χ3v) is 8.13. The molecule has 2 N–H and O–H groups in total. The Morgan fingerprint density at radius 1 is 1.09 bits per heavy atom. The first-order valence-corrected chi connectivity index (χ1v) is 14.5. The van der Waals surface area contributed by atoms with Gasteiger partial charge in [-0.1, -0.05) is 31.2 Å². The number of likely N-dealkylation sites (tertiary alicyclic amines) is 1. The lowest BCUT2D eigenvalue weighted by molar-refractivity contribution is -0.138. The summed E-state index contributed by atoms with van der Waals surface area (Å²) in [5.41, 5.74) is 2.05. The maximum absolute atomic E-state index is 14.0. The number of rotatable bonds is 7. The zero-order valence-corrected chi connectivity index (χ0v) is 24.0. The van der Waals surface area contributed by atoms with Gasteiger partial charge in [-0.25, -0.2) is 4.98 Å². The van der Waals surface area contributed by atoms with Crippen molar-refractivity contribution in [1.29, 1.82) is 0 Å². The van der Waals surface area contributed by atoms with Crippen molar-refractivity contribution in [3.8, 4) is 28.3 Å². The predicted molar refractivity (Wildman–Crippen MR) is 156 cm³/mol. The SMILES string of the molecule is C[C@H]1CCCN(Cc2cc(NC(=O)c3cc(-c4ccccc4-c4nncn4C)cc(C4CC4)n3)c(O)c(C(F)(F)F)c2)C1. The first-order valence-electron chi connectivity index (χ1n) is 14.5. The lowest BCUT2D eigenvalue weighted by Crippen LogP contribution is -2.33. The maximum Gasteiger partial charge on any atom is 0.420 e. The van der Waals surface area contributed by atoms with Gasteiger partial charge in [0.25, 0.3) is 5.91 Å². The molecule has 1 atom stereocenters. The van der Waals surface area contributed by atoms with Gasteiger partial charge in [0, 0.05) is 37.3 Å². The number of carbonyl (C=O) groups excluding carboxylic acids is 1. The number of piperidine rings is 1. The number of nitrogens with zero attached hydrogens (tertiary/aromatic N) is 5. The number of carbonyl (C=O) groups is 1. The Morgan fingerprint density at radius 2 is 1.86 bits per heavy atom. The molecule has 1 saturated heterocycles. The van der Waals surface area contributed by atoms with Crippen LogP contribution in [-0.2, 0) is 19.8 Å². The summed E-state index contributed by atoms with van der Waals surface area (Å²) in [6.07, 6.45) is 0.744. The molecule has 1 aliphatic carbocycles. The highest BCUT2D eigenvalue weighted by molar-refractivity contribution is 6.04. The lowest BCUT2D eigenvalue weighted by Gasteiger charge is -2.31. The number of aromatic hydroxyl groups is 1. The van der Waals surface area contributed by atoms with Crippen molar-refractivity contribution < 1.29 is 23.1 Å². The van der Waals surface area contributed by atoms with Crippen molar-refractivity contribution in [3.05, 3.63) is 77.4 Å². The standard InChI is InChI=1S/C32H33F3N6O2/c1-19-6-5-11-41(16-19)17-20-12-25(32(33,34)35)29(42)27(13-20)38-31(43)28-15-22(14-26(37-28)21-9-10-21)23-7-3-4-8-24(23)30-39-36-18-40(30)2/h3-4,7-8,12-15,18-19,21,42H,5-6,9-11,16-17H2,1-2H3,(H,38,43)/t19-/m0/s1. The van der Waals surface area contributed by atoms with Crippen molar-refractivity contribution in [2.45, 2.75) is 51.2 Å². The number of amides is 1. The molecule has 1 amide bonds. The van der Waals surface area contributed by atoms with Crippen LogP contribution < -0.4 is 5.32 Å². The summed E-state index contributed by atoms with van der Waals surface area (Å²) >= 11 is 0. The number of anilines is 1. The van der Waals surface area contributed by atoms with Gasteiger partial charge in [-0.15, -0.1) is 10.2 Å². The molecule has 1 aliphatic heterocycles. The van der Waals surface area contributed by atoms with E-state index in [4.69, 9.17) is 0 Å². The summed E-state index contributed by atoms with van der Waals surface area (Å²) in [7, 11) is 1.84. The van der Waals surface area contributed by atoms with E-state index in [-0.39, 0.29) is 23.8 Å². The molecule has 11 heteroatoms. The van der Waals surface area contributed by atoms with E-state index < -0.39 is 23.4 Å². The topological polar surface area (TPSA) is 96.2 Å². The van der Waals surface area contributed by atoms with Gasteiger partial charge in [-0.2, -0.15) is 13.2 Å². The van der Waals surface area contributed by atoms with Crippen LogP contribution >= 0.6 is 0 Å². The number of aromatic nitrogens is 4. The first kappa shape index (κ1) is 28.9. The van der Waals surface area contributed by atoms with Crippen LogP contribution in [0, 0.1) is 5.92 Å². The smallest absolute Gasteiger partial charge is 0.420 e. The van der Waals surface area contributed by atoms with E-state index in [9.17, 15) is 23.1 Å². The Morgan fingerprint density at radius 3 is 2.53 bits per heavy atom. The second-order valence-corrected chi connectivity index (χ2v) is 11.7. The number of hydrogen-bond acceptors (Lipinski definition) is 6. The highest BCUT2D eigenvalue weighted by atomic mass is 19.4. The third-order valence-electron chi connectivity index (χ3n) is 8.13. The normalized spacial score (nSPS) is 17.7. The summed E-state index contributed by atoms with van der Waals surface area (Å²) < 4.78 is 43.7. The Kier molecular flexibility index (Phi) is 7.68. The number of phenolic OH excluding ortho intramolecular Hbond substituents is 1. The van der Waals surface area contributed by atoms with Gasteiger partial charge in [0.1, 0.15) is 12.0 Å². The van der Waals surface area contributed by atoms with Gasteiger partial charge in [-0.05, 0) is 79.1 Å². The van der Waals surface area contributed by atoms with Gasteiger partial charge in [0.2, 0.25) is 0 Å². The van der Waals surface area contributed by atoms with Crippen molar-refractivity contribution in [2.24, 2.45) is 13.0 Å². The van der Waals surface area contributed by atoms with Crippen molar-refractivity contribution in [2.75, 3.05) is 18.4 Å². The Labute approximate surface area is 247 Å². The molecule has 2 aromatic heterocycles. The number of aryl methyl sites for hydroxylation is 1. The summed E-state index contributed by atoms with van der Waals surface area (Å²) in [6.45, 7) is 3.97. The summed E-state index contributed by atoms with van der Waals surface area (Å²) in [4.78, 5) is 20.3. The van der Waals surface area contributed by atoms with E-state index in [1.54, 1.807) is 17.0 Å². The molecule has 4 aromatic rings. The Hall–Kier alpha value is -4.25. The van der Waals surface area contributed by atoms with Gasteiger partial charge < -0.3 is 15.0 Å². The molecule has 3 heterocycles. The Balaban J connectivity index is 1.36. The second-order valence-electron chi connectivity index (χ2n) is 11.7. The van der Waals surface area contributed by atoms with Gasteiger partial charge in [0.05, 0.1) is 11.3 Å². The molecule has 8 nitrogen and oxygen atoms in total. The van der Waals surface area contributed by atoms with E-state index in [0.29, 0.717) is 17.3 Å². The van der Waals surface area contributed by atoms with Crippen molar-refractivity contribution in [1.82, 2.24) is 24.6 Å². The fraction of sp³-hybridized carbons (Fsp3) is 0.375. The number of halogens is 3. The number of nitrogens with one attached hydrogen (secondary N) is 1. The van der Waals surface area contributed by atoms with E-state index in [0.717, 1.165) is 67.2 Å². The fourth-order valence-corrected chi connectivity index (χ4v) is 5.84. The summed E-state index contributed by atoms with van der Waals surface area (Å²) in [5, 5.41) is 21.4. The van der Waals surface area contributed by atoms with E-state index >= 15 is 0 Å². The molecule has 1 saturated carbocycles. The number of phenols is 1. The highest BCUT2D eigenvalue weighted by Crippen LogP contribution is 2.43. The summed E-state index contributed by atoms with van der Waals surface area (Å²) in [5.74, 6) is -0.412. The van der Waals surface area contributed by atoms with Crippen LogP contribution in [0.2, 0.25) is 0 Å². The average molecular weight is 591 g/mol. The van der Waals surface area contributed by atoms with E-state index in [2.05, 4.69) is 32.3 Å². The molecular weight excluding hydrogens is 557 g/mol. The van der Waals surface area contributed by atoms with Crippen LogP contribution in [0.25, 0.3) is 22.5 Å². The van der Waals surface area contributed by atoms with Gasteiger partial charge in [0.15, 0.2) is 11.6 Å². The fourth-order valence-electron chi connectivity index (χ4n) is 5.84. The molecule has 2 aromatic carbocycles. The highest BCUT2D eigenvalue weighted by Gasteiger charge is 2.36. The van der Waals surface area contributed by atoms with E-state index in [1.165, 1.54) is 6.07 Å². The molecule has 2 aliphatic rings. The van der Waals surface area contributed by atoms with Crippen molar-refractivity contribution in [3.63, 3.8) is 0 Å². The van der Waals surface area contributed by atoms with Crippen LogP contribution in [0.1, 0.15) is 65.8 Å². The van der Waals surface area contributed by atoms with Crippen LogP contribution in [0.3, 0.4) is 0 Å². The maximum atomic E-state index is 14.0. The number of hydrogen-bond donors (Lipinski definition) is 2. The molecule has 0 spiro atoms. The number of alkyl halides is 3.